The molecule has 2 rings (SSSR count). The highest BCUT2D eigenvalue weighted by Crippen LogP contribution is 2.39. The van der Waals surface area contributed by atoms with E-state index in [0.29, 0.717) is 5.69 Å². The molecule has 1 amide bonds. The first-order chi connectivity index (χ1) is 7.36. The first-order valence-corrected chi connectivity index (χ1v) is 5.02. The summed E-state index contributed by atoms with van der Waals surface area (Å²) in [5.41, 5.74) is -1.84. The Morgan fingerprint density at radius 3 is 2.56 bits per heavy atom. The molecule has 1 aliphatic heterocycles. The highest BCUT2D eigenvalue weighted by atomic mass is 16.6. The topological polar surface area (TPSA) is 62.7 Å². The van der Waals surface area contributed by atoms with Crippen LogP contribution in [0.2, 0.25) is 0 Å². The van der Waals surface area contributed by atoms with Crippen LogP contribution in [-0.2, 0) is 4.74 Å². The van der Waals surface area contributed by atoms with Crippen LogP contribution < -0.4 is 4.90 Å². The summed E-state index contributed by atoms with van der Waals surface area (Å²) in [6.07, 6.45) is 2.55. The molecular formula is C11H14N2O3. The Morgan fingerprint density at radius 1 is 1.44 bits per heavy atom. The van der Waals surface area contributed by atoms with E-state index in [2.05, 4.69) is 4.98 Å². The molecule has 1 saturated heterocycles. The molecule has 86 valence electrons. The predicted octanol–water partition coefficient (Wildman–Crippen LogP) is 1.53. The Labute approximate surface area is 93.7 Å². The van der Waals surface area contributed by atoms with Crippen molar-refractivity contribution in [2.75, 3.05) is 4.90 Å². The smallest absolute Gasteiger partial charge is 0.417 e. The molecule has 0 saturated carbocycles. The molecule has 16 heavy (non-hydrogen) atoms. The zero-order valence-electron chi connectivity index (χ0n) is 9.47. The number of cyclic esters (lactones) is 1. The van der Waals surface area contributed by atoms with Gasteiger partial charge in [0.1, 0.15) is 0 Å². The first-order valence-electron chi connectivity index (χ1n) is 5.02. The number of rotatable bonds is 1. The number of ether oxygens (including phenoxy) is 1. The molecule has 1 fully saturated rings. The van der Waals surface area contributed by atoms with E-state index < -0.39 is 17.4 Å². The van der Waals surface area contributed by atoms with Gasteiger partial charge in [-0.05, 0) is 32.9 Å². The van der Waals surface area contributed by atoms with Crippen LogP contribution in [-0.4, -0.2) is 27.5 Å². The fraction of sp³-hybridized carbons (Fsp3) is 0.455. The van der Waals surface area contributed by atoms with E-state index in [1.807, 2.05) is 0 Å². The molecule has 1 aromatic heterocycles. The van der Waals surface area contributed by atoms with Crippen molar-refractivity contribution in [2.24, 2.45) is 0 Å². The second-order valence-electron chi connectivity index (χ2n) is 4.45. The van der Waals surface area contributed by atoms with E-state index in [0.717, 1.165) is 0 Å². The lowest BCUT2D eigenvalue weighted by molar-refractivity contribution is -0.0723. The van der Waals surface area contributed by atoms with Crippen molar-refractivity contribution in [3.05, 3.63) is 24.5 Å². The molecule has 0 spiro atoms. The largest absolute Gasteiger partial charge is 0.438 e. The van der Waals surface area contributed by atoms with Gasteiger partial charge in [-0.3, -0.25) is 4.98 Å². The molecule has 5 heteroatoms. The number of carbonyl (C=O) groups is 1. The quantitative estimate of drug-likeness (QED) is 0.782. The second kappa shape index (κ2) is 3.18. The second-order valence-corrected chi connectivity index (χ2v) is 4.45. The van der Waals surface area contributed by atoms with E-state index in [1.165, 1.54) is 11.1 Å². The van der Waals surface area contributed by atoms with Crippen LogP contribution in [0.5, 0.6) is 0 Å². The van der Waals surface area contributed by atoms with Gasteiger partial charge in [-0.25, -0.2) is 9.69 Å². The van der Waals surface area contributed by atoms with Gasteiger partial charge in [0.2, 0.25) is 0 Å². The van der Waals surface area contributed by atoms with Crippen molar-refractivity contribution < 1.29 is 14.6 Å². The number of aliphatic hydroxyl groups is 1. The molecule has 5 nitrogen and oxygen atoms in total. The standard InChI is InChI=1S/C11H14N2O3/c1-10(2)11(3,15)13(9(14)16-10)8-5-4-6-12-7-8/h4-7,15H,1-3H3/t11-/m0/s1. The monoisotopic (exact) mass is 222 g/mol. The van der Waals surface area contributed by atoms with Gasteiger partial charge >= 0.3 is 6.09 Å². The number of anilines is 1. The van der Waals surface area contributed by atoms with Crippen LogP contribution in [0.3, 0.4) is 0 Å². The van der Waals surface area contributed by atoms with Gasteiger partial charge in [0.15, 0.2) is 11.3 Å². The summed E-state index contributed by atoms with van der Waals surface area (Å²) < 4.78 is 5.14. The summed E-state index contributed by atoms with van der Waals surface area (Å²) >= 11 is 0. The Morgan fingerprint density at radius 2 is 2.12 bits per heavy atom. The molecule has 1 aromatic rings. The molecule has 0 bridgehead atoms. The molecular weight excluding hydrogens is 208 g/mol. The number of nitrogens with zero attached hydrogens (tertiary/aromatic N) is 2. The third-order valence-corrected chi connectivity index (χ3v) is 3.01. The third-order valence-electron chi connectivity index (χ3n) is 3.01. The summed E-state index contributed by atoms with van der Waals surface area (Å²) in [4.78, 5) is 16.8. The van der Waals surface area contributed by atoms with Crippen molar-refractivity contribution in [1.29, 1.82) is 0 Å². The minimum absolute atomic E-state index is 0.517. The van der Waals surface area contributed by atoms with Crippen molar-refractivity contribution in [3.63, 3.8) is 0 Å². The van der Waals surface area contributed by atoms with E-state index in [9.17, 15) is 9.90 Å². The third kappa shape index (κ3) is 1.36. The zero-order chi connectivity index (χ0) is 12.0. The highest BCUT2D eigenvalue weighted by Gasteiger charge is 2.57. The number of hydrogen-bond donors (Lipinski definition) is 1. The lowest BCUT2D eigenvalue weighted by Crippen LogP contribution is -2.53. The summed E-state index contributed by atoms with van der Waals surface area (Å²) in [7, 11) is 0. The van der Waals surface area contributed by atoms with Crippen LogP contribution in [0.4, 0.5) is 10.5 Å². The van der Waals surface area contributed by atoms with E-state index >= 15 is 0 Å². The number of aromatic nitrogens is 1. The number of amides is 1. The molecule has 1 atom stereocenters. The predicted molar refractivity (Wildman–Crippen MR) is 57.9 cm³/mol. The fourth-order valence-corrected chi connectivity index (χ4v) is 1.65. The SMILES string of the molecule is CC1(C)OC(=O)N(c2cccnc2)[C@@]1(C)O. The highest BCUT2D eigenvalue weighted by molar-refractivity contribution is 5.91. The van der Waals surface area contributed by atoms with Gasteiger partial charge in [-0.2, -0.15) is 0 Å². The lowest BCUT2D eigenvalue weighted by Gasteiger charge is -2.34. The average Bonchev–Trinajstić information content (AvgIpc) is 2.33. The van der Waals surface area contributed by atoms with Gasteiger partial charge < -0.3 is 9.84 Å². The van der Waals surface area contributed by atoms with Crippen molar-refractivity contribution in [2.45, 2.75) is 32.1 Å². The molecule has 0 unspecified atom stereocenters. The number of hydrogen-bond acceptors (Lipinski definition) is 4. The first kappa shape index (κ1) is 10.9. The van der Waals surface area contributed by atoms with Crippen molar-refractivity contribution in [3.8, 4) is 0 Å². The lowest BCUT2D eigenvalue weighted by atomic mass is 9.96. The van der Waals surface area contributed by atoms with Crippen LogP contribution in [0, 0.1) is 0 Å². The number of carbonyl (C=O) groups excluding carboxylic acids is 1. The molecule has 2 heterocycles. The zero-order valence-corrected chi connectivity index (χ0v) is 9.47. The minimum atomic E-state index is -1.40. The van der Waals surface area contributed by atoms with Gasteiger partial charge in [0.05, 0.1) is 11.9 Å². The average molecular weight is 222 g/mol. The fourth-order valence-electron chi connectivity index (χ4n) is 1.65. The van der Waals surface area contributed by atoms with Crippen LogP contribution in [0.1, 0.15) is 20.8 Å². The summed E-state index contributed by atoms with van der Waals surface area (Å²) in [5, 5.41) is 10.4. The van der Waals surface area contributed by atoms with E-state index in [4.69, 9.17) is 4.74 Å². The maximum atomic E-state index is 11.7. The normalized spacial score (nSPS) is 28.0. The molecule has 0 radical (unpaired) electrons. The Bertz CT molecular complexity index is 414. The summed E-state index contributed by atoms with van der Waals surface area (Å²) in [6.45, 7) is 4.88. The molecule has 1 N–H and O–H groups in total. The minimum Gasteiger partial charge on any atom is -0.438 e. The van der Waals surface area contributed by atoms with Crippen LogP contribution in [0.15, 0.2) is 24.5 Å². The van der Waals surface area contributed by atoms with Crippen LogP contribution in [0.25, 0.3) is 0 Å². The van der Waals surface area contributed by atoms with E-state index in [1.54, 1.807) is 39.1 Å². The Kier molecular flexibility index (Phi) is 2.17. The summed E-state index contributed by atoms with van der Waals surface area (Å²) in [5.74, 6) is 0. The number of pyridine rings is 1. The Hall–Kier alpha value is -1.62. The van der Waals surface area contributed by atoms with E-state index in [-0.39, 0.29) is 0 Å². The van der Waals surface area contributed by atoms with Gasteiger partial charge in [0, 0.05) is 6.20 Å². The Balaban J connectivity index is 2.47. The maximum Gasteiger partial charge on any atom is 0.417 e. The van der Waals surface area contributed by atoms with Gasteiger partial charge in [0.25, 0.3) is 0 Å². The molecule has 0 aliphatic carbocycles. The van der Waals surface area contributed by atoms with Gasteiger partial charge in [-0.15, -0.1) is 0 Å². The molecule has 0 aromatic carbocycles. The van der Waals surface area contributed by atoms with Crippen molar-refractivity contribution >= 4 is 11.8 Å². The van der Waals surface area contributed by atoms with Gasteiger partial charge in [-0.1, -0.05) is 0 Å². The van der Waals surface area contributed by atoms with Crippen molar-refractivity contribution in [1.82, 2.24) is 4.98 Å². The van der Waals surface area contributed by atoms with Crippen LogP contribution >= 0.6 is 0 Å². The molecule has 1 aliphatic rings. The summed E-state index contributed by atoms with van der Waals surface area (Å²) in [6, 6.07) is 3.40. The maximum absolute atomic E-state index is 11.7.